The number of benzene rings is 1. The number of halogens is 1. The minimum Gasteiger partial charge on any atom is -0.496 e. The summed E-state index contributed by atoms with van der Waals surface area (Å²) in [5, 5.41) is 17.2. The van der Waals surface area contributed by atoms with Crippen LogP contribution in [0.5, 0.6) is 17.4 Å². The Hall–Kier alpha value is -4.12. The number of aryl methyl sites for hydroxylation is 1. The summed E-state index contributed by atoms with van der Waals surface area (Å²) in [5.41, 5.74) is 2.16. The lowest BCUT2D eigenvalue weighted by Crippen LogP contribution is -2.12. The van der Waals surface area contributed by atoms with Gasteiger partial charge in [-0.2, -0.15) is 0 Å². The zero-order valence-electron chi connectivity index (χ0n) is 19.9. The summed E-state index contributed by atoms with van der Waals surface area (Å²) < 4.78 is 32.9. The molecule has 9 nitrogen and oxygen atoms in total. The fourth-order valence-corrected chi connectivity index (χ4v) is 5.12. The second kappa shape index (κ2) is 9.86. The summed E-state index contributed by atoms with van der Waals surface area (Å²) in [5.74, 6) is 1.83. The molecular formula is C25H24FN5O4S. The minimum atomic E-state index is -0.290. The van der Waals surface area contributed by atoms with Gasteiger partial charge in [-0.15, -0.1) is 11.3 Å². The van der Waals surface area contributed by atoms with E-state index in [-0.39, 0.29) is 11.7 Å². The number of thiophene rings is 1. The first-order chi connectivity index (χ1) is 17.5. The van der Waals surface area contributed by atoms with Crippen molar-refractivity contribution >= 4 is 28.1 Å². The highest BCUT2D eigenvalue weighted by Gasteiger charge is 2.19. The molecule has 0 aliphatic rings. The maximum atomic E-state index is 14.6. The van der Waals surface area contributed by atoms with Crippen LogP contribution in [0.4, 0.5) is 10.2 Å². The highest BCUT2D eigenvalue weighted by molar-refractivity contribution is 7.19. The molecule has 0 aliphatic heterocycles. The Labute approximate surface area is 210 Å². The average Bonchev–Trinajstić information content (AvgIpc) is 3.57. The molecule has 4 heterocycles. The van der Waals surface area contributed by atoms with Gasteiger partial charge in [0.25, 0.3) is 5.88 Å². The monoisotopic (exact) mass is 509 g/mol. The molecule has 0 radical (unpaired) electrons. The maximum absolute atomic E-state index is 14.6. The number of ether oxygens (including phenoxy) is 2. The largest absolute Gasteiger partial charge is 0.496 e. The van der Waals surface area contributed by atoms with Crippen molar-refractivity contribution in [2.45, 2.75) is 20.4 Å². The van der Waals surface area contributed by atoms with Crippen LogP contribution in [0.15, 0.2) is 47.2 Å². The predicted molar refractivity (Wildman–Crippen MR) is 135 cm³/mol. The van der Waals surface area contributed by atoms with Crippen molar-refractivity contribution in [3.63, 3.8) is 0 Å². The van der Waals surface area contributed by atoms with Crippen molar-refractivity contribution in [2.75, 3.05) is 25.6 Å². The van der Waals surface area contributed by atoms with Gasteiger partial charge >= 0.3 is 0 Å². The molecule has 0 saturated carbocycles. The molecule has 5 rings (SSSR count). The molecule has 0 aliphatic carbocycles. The summed E-state index contributed by atoms with van der Waals surface area (Å²) in [6.07, 6.45) is 1.48. The lowest BCUT2D eigenvalue weighted by molar-refractivity contribution is 0.339. The molecule has 0 bridgehead atoms. The molecule has 0 fully saturated rings. The number of anilines is 1. The molecule has 4 aromatic heterocycles. The smallest absolute Gasteiger partial charge is 0.252 e. The van der Waals surface area contributed by atoms with E-state index in [4.69, 9.17) is 14.0 Å². The number of hydrogen-bond acceptors (Lipinski definition) is 9. The van der Waals surface area contributed by atoms with Crippen molar-refractivity contribution in [3.8, 4) is 38.6 Å². The molecule has 0 unspecified atom stereocenters. The second-order valence-electron chi connectivity index (χ2n) is 7.95. The summed E-state index contributed by atoms with van der Waals surface area (Å²) in [4.78, 5) is 10.3. The minimum absolute atomic E-state index is 0.194. The number of aromatic nitrogens is 4. The fourth-order valence-electron chi connectivity index (χ4n) is 4.10. The molecule has 1 aromatic carbocycles. The average molecular weight is 510 g/mol. The van der Waals surface area contributed by atoms with Crippen molar-refractivity contribution in [2.24, 2.45) is 0 Å². The second-order valence-corrected chi connectivity index (χ2v) is 9.00. The maximum Gasteiger partial charge on any atom is 0.252 e. The van der Waals surface area contributed by atoms with Crippen LogP contribution >= 0.6 is 11.3 Å². The Morgan fingerprint density at radius 2 is 2.03 bits per heavy atom. The lowest BCUT2D eigenvalue weighted by Gasteiger charge is -2.11. The lowest BCUT2D eigenvalue weighted by atomic mass is 10.2. The third-order valence-corrected chi connectivity index (χ3v) is 6.83. The number of hydrogen-bond donors (Lipinski definition) is 2. The van der Waals surface area contributed by atoms with Crippen LogP contribution in [0.3, 0.4) is 0 Å². The van der Waals surface area contributed by atoms with Crippen molar-refractivity contribution < 1.29 is 23.5 Å². The van der Waals surface area contributed by atoms with Gasteiger partial charge in [-0.1, -0.05) is 0 Å². The van der Waals surface area contributed by atoms with Crippen LogP contribution in [-0.2, 0) is 6.54 Å². The van der Waals surface area contributed by atoms with Crippen LogP contribution in [0.25, 0.3) is 32.1 Å². The van der Waals surface area contributed by atoms with Crippen LogP contribution < -0.4 is 14.8 Å². The van der Waals surface area contributed by atoms with Gasteiger partial charge in [0, 0.05) is 36.3 Å². The van der Waals surface area contributed by atoms with Crippen molar-refractivity contribution in [3.05, 3.63) is 54.2 Å². The van der Waals surface area contributed by atoms with E-state index >= 15 is 0 Å². The van der Waals surface area contributed by atoms with E-state index in [1.165, 1.54) is 29.8 Å². The fraction of sp³-hybridized carbons (Fsp3) is 0.240. The Morgan fingerprint density at radius 3 is 2.78 bits per heavy atom. The molecule has 0 saturated heterocycles. The SMILES string of the molecule is CCOc1cc(-c2cc(NCCn3c(C)cc4c(OC)ccc(F)c43)ncn2)sc1-c1cc(O)no1. The zero-order chi connectivity index (χ0) is 25.2. The van der Waals surface area contributed by atoms with Gasteiger partial charge in [0.1, 0.15) is 34.3 Å². The first-order valence-corrected chi connectivity index (χ1v) is 12.1. The van der Waals surface area contributed by atoms with Crippen LogP contribution in [0.2, 0.25) is 0 Å². The summed E-state index contributed by atoms with van der Waals surface area (Å²) >= 11 is 1.41. The Morgan fingerprint density at radius 1 is 1.17 bits per heavy atom. The summed E-state index contributed by atoms with van der Waals surface area (Å²) in [6.45, 7) is 5.36. The van der Waals surface area contributed by atoms with E-state index in [0.29, 0.717) is 58.9 Å². The highest BCUT2D eigenvalue weighted by atomic mass is 32.1. The van der Waals surface area contributed by atoms with Crippen LogP contribution in [-0.4, -0.2) is 45.1 Å². The Bertz CT molecular complexity index is 1530. The molecule has 36 heavy (non-hydrogen) atoms. The van der Waals surface area contributed by atoms with Crippen molar-refractivity contribution in [1.82, 2.24) is 19.7 Å². The Kier molecular flexibility index (Phi) is 6.47. The van der Waals surface area contributed by atoms with E-state index in [1.54, 1.807) is 13.2 Å². The summed E-state index contributed by atoms with van der Waals surface area (Å²) in [6, 6.07) is 10.1. The number of methoxy groups -OCH3 is 1. The van der Waals surface area contributed by atoms with E-state index in [2.05, 4.69) is 20.4 Å². The van der Waals surface area contributed by atoms with Crippen LogP contribution in [0, 0.1) is 12.7 Å². The van der Waals surface area contributed by atoms with Gasteiger partial charge in [0.15, 0.2) is 5.76 Å². The van der Waals surface area contributed by atoms with E-state index in [1.807, 2.05) is 36.6 Å². The standard InChI is InChI=1S/C25H24FN5O4S/c1-4-34-19-11-21(36-25(19)20-12-23(32)30-35-20)17-10-22(29-13-28-17)27-7-8-31-14(2)9-15-18(33-3)6-5-16(26)24(15)31/h5-6,9-13H,4,7-8H2,1-3H3,(H,30,32)(H,27,28,29). The van der Waals surface area contributed by atoms with Crippen LogP contribution in [0.1, 0.15) is 12.6 Å². The topological polar surface area (TPSA) is 107 Å². The predicted octanol–water partition coefficient (Wildman–Crippen LogP) is 5.49. The van der Waals surface area contributed by atoms with Gasteiger partial charge in [0.2, 0.25) is 0 Å². The molecule has 0 atom stereocenters. The van der Waals surface area contributed by atoms with E-state index in [9.17, 15) is 9.50 Å². The van der Waals surface area contributed by atoms with Gasteiger partial charge in [-0.05, 0) is 37.2 Å². The van der Waals surface area contributed by atoms with Gasteiger partial charge < -0.3 is 29.0 Å². The number of rotatable bonds is 9. The van der Waals surface area contributed by atoms with Gasteiger partial charge in [0.05, 0.1) is 35.9 Å². The van der Waals surface area contributed by atoms with Crippen molar-refractivity contribution in [1.29, 1.82) is 0 Å². The molecule has 0 spiro atoms. The quantitative estimate of drug-likeness (QED) is 0.269. The normalized spacial score (nSPS) is 11.2. The third-order valence-electron chi connectivity index (χ3n) is 5.68. The number of nitrogens with zero attached hydrogens (tertiary/aromatic N) is 4. The molecule has 0 amide bonds. The third kappa shape index (κ3) is 4.44. The van der Waals surface area contributed by atoms with E-state index in [0.717, 1.165) is 16.0 Å². The van der Waals surface area contributed by atoms with E-state index < -0.39 is 0 Å². The summed E-state index contributed by atoms with van der Waals surface area (Å²) in [7, 11) is 1.58. The molecule has 186 valence electrons. The Balaban J connectivity index is 1.36. The number of fused-ring (bicyclic) bond motifs is 1. The highest BCUT2D eigenvalue weighted by Crippen LogP contribution is 2.43. The molecule has 2 N–H and O–H groups in total. The van der Waals surface area contributed by atoms with Gasteiger partial charge in [-0.25, -0.2) is 14.4 Å². The molecular weight excluding hydrogens is 485 g/mol. The number of nitrogens with one attached hydrogen (secondary N) is 1. The first kappa shape index (κ1) is 23.6. The first-order valence-electron chi connectivity index (χ1n) is 11.3. The number of aromatic hydroxyl groups is 1. The molecule has 5 aromatic rings. The zero-order valence-corrected chi connectivity index (χ0v) is 20.7. The molecule has 11 heteroatoms. The van der Waals surface area contributed by atoms with Gasteiger partial charge in [-0.3, -0.25) is 0 Å².